The van der Waals surface area contributed by atoms with Crippen molar-refractivity contribution in [2.24, 2.45) is 0 Å². The molecule has 0 fully saturated rings. The fourth-order valence-electron chi connectivity index (χ4n) is 2.44. The van der Waals surface area contributed by atoms with Gasteiger partial charge >= 0.3 is 6.18 Å². The van der Waals surface area contributed by atoms with Gasteiger partial charge in [-0.3, -0.25) is 4.79 Å². The van der Waals surface area contributed by atoms with E-state index in [-0.39, 0.29) is 5.78 Å². The summed E-state index contributed by atoms with van der Waals surface area (Å²) in [4.78, 5) is 13.9. The highest BCUT2D eigenvalue weighted by Gasteiger charge is 2.29. The van der Waals surface area contributed by atoms with Gasteiger partial charge in [0.15, 0.2) is 5.78 Å². The van der Waals surface area contributed by atoms with Crippen LogP contribution in [0.3, 0.4) is 0 Å². The number of hydrogen-bond acceptors (Lipinski definition) is 2. The fraction of sp³-hybridized carbons (Fsp3) is 0.0952. The van der Waals surface area contributed by atoms with Gasteiger partial charge in [-0.05, 0) is 41.5 Å². The van der Waals surface area contributed by atoms with E-state index in [1.54, 1.807) is 6.07 Å². The topological polar surface area (TPSA) is 17.1 Å². The number of allylic oxidation sites excluding steroid dienone is 1. The van der Waals surface area contributed by atoms with Crippen LogP contribution in [0.15, 0.2) is 72.8 Å². The minimum atomic E-state index is -4.36. The molecule has 26 heavy (non-hydrogen) atoms. The second-order valence-electron chi connectivity index (χ2n) is 5.75. The van der Waals surface area contributed by atoms with Crippen LogP contribution in [0, 0.1) is 0 Å². The first kappa shape index (κ1) is 18.1. The molecular weight excluding hydrogens is 357 g/mol. The predicted molar refractivity (Wildman–Crippen MR) is 98.4 cm³/mol. The van der Waals surface area contributed by atoms with Crippen LogP contribution in [-0.4, -0.2) is 5.78 Å². The van der Waals surface area contributed by atoms with E-state index in [4.69, 9.17) is 0 Å². The van der Waals surface area contributed by atoms with Crippen LogP contribution in [0.25, 0.3) is 6.08 Å². The molecule has 3 rings (SSSR count). The molecule has 2 aromatic carbocycles. The number of rotatable bonds is 5. The lowest BCUT2D eigenvalue weighted by Gasteiger charge is -2.05. The number of hydrogen-bond donors (Lipinski definition) is 0. The number of alkyl halides is 3. The number of ketones is 1. The van der Waals surface area contributed by atoms with Gasteiger partial charge in [0, 0.05) is 11.3 Å². The number of carbonyl (C=O) groups is 1. The van der Waals surface area contributed by atoms with Crippen molar-refractivity contribution < 1.29 is 18.0 Å². The summed E-state index contributed by atoms with van der Waals surface area (Å²) in [5, 5.41) is 0. The largest absolute Gasteiger partial charge is 0.416 e. The molecule has 0 amide bonds. The van der Waals surface area contributed by atoms with Crippen LogP contribution in [0.2, 0.25) is 0 Å². The summed E-state index contributed by atoms with van der Waals surface area (Å²) >= 11 is 1.43. The predicted octanol–water partition coefficient (Wildman–Crippen LogP) is 6.25. The Morgan fingerprint density at radius 2 is 1.62 bits per heavy atom. The molecule has 132 valence electrons. The van der Waals surface area contributed by atoms with Crippen LogP contribution in [0.1, 0.15) is 31.2 Å². The van der Waals surface area contributed by atoms with E-state index < -0.39 is 11.7 Å². The van der Waals surface area contributed by atoms with E-state index in [1.165, 1.54) is 41.2 Å². The second-order valence-corrected chi connectivity index (χ2v) is 6.91. The zero-order chi connectivity index (χ0) is 18.6. The first-order valence-corrected chi connectivity index (χ1v) is 8.76. The standard InChI is InChI=1S/C21H15F3OS/c22-21(23,24)17-9-6-15(7-10-17)8-12-19(25)20-13-11-18(26-20)14-16-4-2-1-3-5-16/h1-13H,14H2/b12-8+. The zero-order valence-electron chi connectivity index (χ0n) is 13.7. The molecule has 0 unspecified atom stereocenters. The lowest BCUT2D eigenvalue weighted by Crippen LogP contribution is -2.03. The molecule has 0 atom stereocenters. The Hall–Kier alpha value is -2.66. The Kier molecular flexibility index (Phi) is 5.38. The fourth-order valence-corrected chi connectivity index (χ4v) is 3.40. The maximum atomic E-state index is 12.5. The van der Waals surface area contributed by atoms with Gasteiger partial charge in [-0.2, -0.15) is 13.2 Å². The van der Waals surface area contributed by atoms with Crippen molar-refractivity contribution in [2.75, 3.05) is 0 Å². The average molecular weight is 372 g/mol. The third kappa shape index (κ3) is 4.70. The quantitative estimate of drug-likeness (QED) is 0.382. The molecule has 1 nitrogen and oxygen atoms in total. The molecule has 0 aliphatic rings. The van der Waals surface area contributed by atoms with Gasteiger partial charge in [0.25, 0.3) is 0 Å². The molecule has 3 aromatic rings. The first-order valence-electron chi connectivity index (χ1n) is 7.94. The van der Waals surface area contributed by atoms with Crippen molar-refractivity contribution in [3.05, 3.63) is 99.3 Å². The van der Waals surface area contributed by atoms with Crippen LogP contribution < -0.4 is 0 Å². The Labute approximate surface area is 153 Å². The number of thiophene rings is 1. The molecule has 0 saturated heterocycles. The van der Waals surface area contributed by atoms with Crippen LogP contribution in [-0.2, 0) is 12.6 Å². The molecule has 0 spiro atoms. The maximum absolute atomic E-state index is 12.5. The van der Waals surface area contributed by atoms with E-state index in [0.717, 1.165) is 23.4 Å². The summed E-state index contributed by atoms with van der Waals surface area (Å²) < 4.78 is 37.6. The normalized spacial score (nSPS) is 11.8. The highest BCUT2D eigenvalue weighted by Crippen LogP contribution is 2.29. The first-order chi connectivity index (χ1) is 12.4. The average Bonchev–Trinajstić information content (AvgIpc) is 3.09. The molecule has 0 radical (unpaired) electrons. The lowest BCUT2D eigenvalue weighted by molar-refractivity contribution is -0.137. The van der Waals surface area contributed by atoms with Crippen LogP contribution in [0.5, 0.6) is 0 Å². The van der Waals surface area contributed by atoms with Crippen molar-refractivity contribution in [3.8, 4) is 0 Å². The minimum Gasteiger partial charge on any atom is -0.288 e. The molecule has 0 N–H and O–H groups in total. The summed E-state index contributed by atoms with van der Waals surface area (Å²) in [6.45, 7) is 0. The summed E-state index contributed by atoms with van der Waals surface area (Å²) in [5.41, 5.74) is 1.02. The van der Waals surface area contributed by atoms with E-state index in [2.05, 4.69) is 0 Å². The summed E-state index contributed by atoms with van der Waals surface area (Å²) in [6, 6.07) is 18.4. The summed E-state index contributed by atoms with van der Waals surface area (Å²) in [6.07, 6.45) is -0.675. The van der Waals surface area contributed by atoms with Crippen molar-refractivity contribution in [1.82, 2.24) is 0 Å². The second kappa shape index (κ2) is 7.70. The van der Waals surface area contributed by atoms with E-state index in [9.17, 15) is 18.0 Å². The smallest absolute Gasteiger partial charge is 0.288 e. The van der Waals surface area contributed by atoms with E-state index in [1.807, 2.05) is 36.4 Å². The number of benzene rings is 2. The van der Waals surface area contributed by atoms with Gasteiger partial charge in [-0.1, -0.05) is 48.5 Å². The number of carbonyl (C=O) groups excluding carboxylic acids is 1. The Bertz CT molecular complexity index is 906. The Morgan fingerprint density at radius 1 is 0.923 bits per heavy atom. The molecule has 1 aromatic heterocycles. The molecule has 0 bridgehead atoms. The van der Waals surface area contributed by atoms with Gasteiger partial charge in [0.1, 0.15) is 0 Å². The minimum absolute atomic E-state index is 0.158. The highest BCUT2D eigenvalue weighted by molar-refractivity contribution is 7.14. The molecule has 0 aliphatic carbocycles. The molecular formula is C21H15F3OS. The van der Waals surface area contributed by atoms with Gasteiger partial charge in [-0.25, -0.2) is 0 Å². The maximum Gasteiger partial charge on any atom is 0.416 e. The van der Waals surface area contributed by atoms with Gasteiger partial charge in [0.2, 0.25) is 0 Å². The Balaban J connectivity index is 1.65. The Morgan fingerprint density at radius 3 is 2.27 bits per heavy atom. The highest BCUT2D eigenvalue weighted by atomic mass is 32.1. The molecule has 1 heterocycles. The van der Waals surface area contributed by atoms with Crippen molar-refractivity contribution >= 4 is 23.2 Å². The van der Waals surface area contributed by atoms with Gasteiger partial charge in [0.05, 0.1) is 10.4 Å². The van der Waals surface area contributed by atoms with Gasteiger partial charge < -0.3 is 0 Å². The summed E-state index contributed by atoms with van der Waals surface area (Å²) in [5.74, 6) is -0.158. The number of halogens is 3. The molecule has 0 saturated carbocycles. The van der Waals surface area contributed by atoms with Crippen molar-refractivity contribution in [1.29, 1.82) is 0 Å². The van der Waals surface area contributed by atoms with Crippen LogP contribution >= 0.6 is 11.3 Å². The van der Waals surface area contributed by atoms with Gasteiger partial charge in [-0.15, -0.1) is 11.3 Å². The summed E-state index contributed by atoms with van der Waals surface area (Å²) in [7, 11) is 0. The van der Waals surface area contributed by atoms with Crippen molar-refractivity contribution in [3.63, 3.8) is 0 Å². The zero-order valence-corrected chi connectivity index (χ0v) is 14.5. The van der Waals surface area contributed by atoms with Crippen molar-refractivity contribution in [2.45, 2.75) is 12.6 Å². The SMILES string of the molecule is O=C(/C=C/c1ccc(C(F)(F)F)cc1)c1ccc(Cc2ccccc2)s1. The monoisotopic (exact) mass is 372 g/mol. The van der Waals surface area contributed by atoms with E-state index >= 15 is 0 Å². The lowest BCUT2D eigenvalue weighted by atomic mass is 10.1. The van der Waals surface area contributed by atoms with Crippen LogP contribution in [0.4, 0.5) is 13.2 Å². The third-order valence-corrected chi connectivity index (χ3v) is 4.89. The molecule has 5 heteroatoms. The third-order valence-electron chi connectivity index (χ3n) is 3.79. The van der Waals surface area contributed by atoms with E-state index in [0.29, 0.717) is 10.4 Å². The molecule has 0 aliphatic heterocycles.